The van der Waals surface area contributed by atoms with Gasteiger partial charge in [-0.05, 0) is 77.2 Å². The lowest BCUT2D eigenvalue weighted by molar-refractivity contribution is 0.0155. The van der Waals surface area contributed by atoms with E-state index in [0.717, 1.165) is 59.5 Å². The second kappa shape index (κ2) is 12.7. The Kier molecular flexibility index (Phi) is 8.69. The van der Waals surface area contributed by atoms with E-state index in [1.807, 2.05) is 45.0 Å². The lowest BCUT2D eigenvalue weighted by Crippen LogP contribution is -2.57. The number of carbonyl (C=O) groups is 1. The highest BCUT2D eigenvalue weighted by molar-refractivity contribution is 5.94. The molecule has 2 saturated heterocycles. The molecule has 2 atom stereocenters. The molecule has 2 aromatic carbocycles. The number of piperazine rings is 1. The summed E-state index contributed by atoms with van der Waals surface area (Å²) in [6.07, 6.45) is 2.52. The van der Waals surface area contributed by atoms with Crippen molar-refractivity contribution in [2.45, 2.75) is 64.3 Å². The molecule has 0 aliphatic carbocycles. The highest BCUT2D eigenvalue weighted by atomic mass is 19.1. The number of carbonyl (C=O) groups excluding carboxylic acids is 1. The van der Waals surface area contributed by atoms with Crippen LogP contribution in [0.3, 0.4) is 0 Å². The van der Waals surface area contributed by atoms with Crippen molar-refractivity contribution in [3.05, 3.63) is 64.9 Å². The van der Waals surface area contributed by atoms with Gasteiger partial charge >= 0.3 is 12.1 Å². The monoisotopic (exact) mass is 615 g/mol. The Hall–Kier alpha value is -4.17. The van der Waals surface area contributed by atoms with Crippen LogP contribution in [0.4, 0.5) is 20.7 Å². The van der Waals surface area contributed by atoms with E-state index in [1.165, 1.54) is 6.07 Å². The van der Waals surface area contributed by atoms with Crippen molar-refractivity contribution in [2.75, 3.05) is 62.7 Å². The second-order valence-electron chi connectivity index (χ2n) is 13.3. The van der Waals surface area contributed by atoms with Gasteiger partial charge in [0.25, 0.3) is 0 Å². The summed E-state index contributed by atoms with van der Waals surface area (Å²) in [4.78, 5) is 35.0. The number of amides is 1. The third kappa shape index (κ3) is 6.76. The number of benzene rings is 2. The van der Waals surface area contributed by atoms with Crippen molar-refractivity contribution in [3.8, 4) is 6.01 Å². The molecule has 45 heavy (non-hydrogen) atoms. The van der Waals surface area contributed by atoms with Gasteiger partial charge in [0.15, 0.2) is 0 Å². The predicted octanol–water partition coefficient (Wildman–Crippen LogP) is 5.15. The van der Waals surface area contributed by atoms with E-state index in [1.54, 1.807) is 11.0 Å². The lowest BCUT2D eigenvalue weighted by atomic mass is 10.0. The molecule has 3 aromatic rings. The third-order valence-electron chi connectivity index (χ3n) is 8.97. The minimum atomic E-state index is -0.621. The number of ether oxygens (including phenoxy) is 2. The molecule has 3 aliphatic heterocycles. The SMILES string of the molecule is [C-]#[N+]CC1CN(c2nc(OC[C@@H]3CCCN3C)nc3c2CCN(c2cccc4ccc(F)cc24)C3)CCN1C(=O)OC(C)(C)C. The Morgan fingerprint density at radius 2 is 1.93 bits per heavy atom. The van der Waals surface area contributed by atoms with Crippen LogP contribution in [0.1, 0.15) is 44.9 Å². The molecule has 0 bridgehead atoms. The van der Waals surface area contributed by atoms with Gasteiger partial charge in [-0.15, -0.1) is 0 Å². The maximum Gasteiger partial charge on any atom is 0.410 e. The molecule has 0 spiro atoms. The van der Waals surface area contributed by atoms with E-state index in [9.17, 15) is 9.18 Å². The number of likely N-dealkylation sites (tertiary alicyclic amines) is 1. The average molecular weight is 616 g/mol. The molecule has 10 nitrogen and oxygen atoms in total. The number of nitrogens with zero attached hydrogens (tertiary/aromatic N) is 7. The minimum Gasteiger partial charge on any atom is -0.462 e. The van der Waals surface area contributed by atoms with E-state index in [-0.39, 0.29) is 18.4 Å². The van der Waals surface area contributed by atoms with Gasteiger partial charge in [-0.25, -0.2) is 15.8 Å². The number of hydrogen-bond acceptors (Lipinski definition) is 8. The molecule has 1 unspecified atom stereocenters. The standard InChI is InChI=1S/C34H42FN7O3/c1-34(2,3)45-33(43)42-17-16-41(20-26(42)19-36-4)31-27-13-15-40(30-10-6-8-23-11-12-24(35)18-28(23)30)21-29(27)37-32(38-31)44-22-25-9-7-14-39(25)5/h6,8,10-12,18,25-26H,7,9,13-17,19-22H2,1-3,5H3/t25-,26?/m0/s1. The maximum atomic E-state index is 14.3. The summed E-state index contributed by atoms with van der Waals surface area (Å²) in [5, 5.41) is 1.86. The summed E-state index contributed by atoms with van der Waals surface area (Å²) < 4.78 is 26.3. The molecule has 2 fully saturated rings. The van der Waals surface area contributed by atoms with Gasteiger partial charge in [0, 0.05) is 48.9 Å². The summed E-state index contributed by atoms with van der Waals surface area (Å²) in [5.41, 5.74) is 2.28. The van der Waals surface area contributed by atoms with Crippen LogP contribution in [0, 0.1) is 12.4 Å². The molecule has 1 aromatic heterocycles. The first-order chi connectivity index (χ1) is 21.6. The first kappa shape index (κ1) is 30.8. The van der Waals surface area contributed by atoms with Gasteiger partial charge in [0.05, 0.1) is 12.2 Å². The van der Waals surface area contributed by atoms with Crippen LogP contribution in [-0.2, 0) is 17.7 Å². The highest BCUT2D eigenvalue weighted by Crippen LogP contribution is 2.35. The van der Waals surface area contributed by atoms with Crippen molar-refractivity contribution < 1.29 is 18.7 Å². The fourth-order valence-electron chi connectivity index (χ4n) is 6.66. The molecule has 0 saturated carbocycles. The average Bonchev–Trinajstić information content (AvgIpc) is 3.42. The third-order valence-corrected chi connectivity index (χ3v) is 8.97. The maximum absolute atomic E-state index is 14.3. The molecule has 0 radical (unpaired) electrons. The van der Waals surface area contributed by atoms with Crippen molar-refractivity contribution >= 4 is 28.4 Å². The fraction of sp³-hybridized carbons (Fsp3) is 0.529. The topological polar surface area (TPSA) is 78.6 Å². The molecule has 3 aliphatic rings. The minimum absolute atomic E-state index is 0.172. The summed E-state index contributed by atoms with van der Waals surface area (Å²) >= 11 is 0. The van der Waals surface area contributed by atoms with Crippen LogP contribution in [0.2, 0.25) is 0 Å². The number of anilines is 2. The van der Waals surface area contributed by atoms with E-state index in [4.69, 9.17) is 26.0 Å². The summed E-state index contributed by atoms with van der Waals surface area (Å²) in [7, 11) is 2.12. The Bertz CT molecular complexity index is 1600. The summed E-state index contributed by atoms with van der Waals surface area (Å²) in [6.45, 7) is 17.5. The van der Waals surface area contributed by atoms with Crippen LogP contribution in [0.5, 0.6) is 6.01 Å². The van der Waals surface area contributed by atoms with Gasteiger partial charge in [-0.1, -0.05) is 18.2 Å². The largest absolute Gasteiger partial charge is 0.462 e. The molecular weight excluding hydrogens is 573 g/mol. The molecule has 11 heteroatoms. The van der Waals surface area contributed by atoms with Crippen molar-refractivity contribution in [1.82, 2.24) is 19.8 Å². The Labute approximate surface area is 264 Å². The molecule has 238 valence electrons. The summed E-state index contributed by atoms with van der Waals surface area (Å²) in [6, 6.07) is 11.3. The number of aromatic nitrogens is 2. The first-order valence-electron chi connectivity index (χ1n) is 15.8. The summed E-state index contributed by atoms with van der Waals surface area (Å²) in [5.74, 6) is 0.543. The van der Waals surface area contributed by atoms with Gasteiger partial charge in [-0.2, -0.15) is 9.97 Å². The van der Waals surface area contributed by atoms with Crippen molar-refractivity contribution in [2.24, 2.45) is 0 Å². The first-order valence-corrected chi connectivity index (χ1v) is 15.8. The number of rotatable bonds is 6. The Morgan fingerprint density at radius 3 is 2.69 bits per heavy atom. The van der Waals surface area contributed by atoms with Gasteiger partial charge < -0.3 is 29.0 Å². The van der Waals surface area contributed by atoms with E-state index >= 15 is 0 Å². The highest BCUT2D eigenvalue weighted by Gasteiger charge is 2.37. The van der Waals surface area contributed by atoms with Crippen molar-refractivity contribution in [3.63, 3.8) is 0 Å². The van der Waals surface area contributed by atoms with Crippen LogP contribution in [0.15, 0.2) is 36.4 Å². The normalized spacial score (nSPS) is 20.7. The van der Waals surface area contributed by atoms with Gasteiger partial charge in [0.2, 0.25) is 6.54 Å². The van der Waals surface area contributed by atoms with Gasteiger partial charge in [-0.3, -0.25) is 4.90 Å². The van der Waals surface area contributed by atoms with E-state index < -0.39 is 11.7 Å². The number of likely N-dealkylation sites (N-methyl/N-ethyl adjacent to an activating group) is 1. The molecule has 6 rings (SSSR count). The van der Waals surface area contributed by atoms with E-state index in [0.29, 0.717) is 51.3 Å². The number of halogens is 1. The smallest absolute Gasteiger partial charge is 0.410 e. The number of hydrogen-bond donors (Lipinski definition) is 0. The molecule has 1 amide bonds. The van der Waals surface area contributed by atoms with E-state index in [2.05, 4.69) is 26.6 Å². The second-order valence-corrected chi connectivity index (χ2v) is 13.3. The van der Waals surface area contributed by atoms with Crippen LogP contribution < -0.4 is 14.5 Å². The molecule has 4 heterocycles. The van der Waals surface area contributed by atoms with Gasteiger partial charge in [0.1, 0.15) is 29.9 Å². The van der Waals surface area contributed by atoms with Crippen LogP contribution in [0.25, 0.3) is 15.6 Å². The zero-order valence-corrected chi connectivity index (χ0v) is 26.6. The fourth-order valence-corrected chi connectivity index (χ4v) is 6.66. The predicted molar refractivity (Wildman–Crippen MR) is 172 cm³/mol. The zero-order chi connectivity index (χ0) is 31.7. The Balaban J connectivity index is 1.31. The Morgan fingerprint density at radius 1 is 1.09 bits per heavy atom. The van der Waals surface area contributed by atoms with Crippen LogP contribution in [-0.4, -0.2) is 96.5 Å². The lowest BCUT2D eigenvalue weighted by Gasteiger charge is -2.41. The molecule has 0 N–H and O–H groups in total. The quantitative estimate of drug-likeness (QED) is 0.353. The zero-order valence-electron chi connectivity index (χ0n) is 26.6. The van der Waals surface area contributed by atoms with Crippen molar-refractivity contribution in [1.29, 1.82) is 0 Å². The van der Waals surface area contributed by atoms with Crippen LogP contribution >= 0.6 is 0 Å². The number of fused-ring (bicyclic) bond motifs is 2. The molecular formula is C34H42FN7O3.